The summed E-state index contributed by atoms with van der Waals surface area (Å²) in [4.78, 5) is 0. The molecule has 3 heteroatoms. The van der Waals surface area contributed by atoms with Crippen LogP contribution in [0, 0.1) is 6.20 Å². The molecule has 0 unspecified atom stereocenters. The lowest BCUT2D eigenvalue weighted by Crippen LogP contribution is -1.95. The smallest absolute Gasteiger partial charge is 0.319 e. The molecule has 0 saturated carbocycles. The van der Waals surface area contributed by atoms with Crippen molar-refractivity contribution in [3.05, 3.63) is 48.7 Å². The first-order valence-electron chi connectivity index (χ1n) is 6.38. The van der Waals surface area contributed by atoms with Gasteiger partial charge in [0.05, 0.1) is 12.2 Å². The van der Waals surface area contributed by atoms with E-state index >= 15 is 0 Å². The Kier molecular flexibility index (Phi) is 3.19. The summed E-state index contributed by atoms with van der Waals surface area (Å²) in [7, 11) is 0. The van der Waals surface area contributed by atoms with Crippen molar-refractivity contribution in [1.82, 2.24) is 5.16 Å². The summed E-state index contributed by atoms with van der Waals surface area (Å²) in [6.45, 7) is 2.67. The summed E-state index contributed by atoms with van der Waals surface area (Å²) in [6.07, 6.45) is 3.81. The lowest BCUT2D eigenvalue weighted by Gasteiger charge is -2.06. The molecule has 3 rings (SSSR count). The second kappa shape index (κ2) is 5.14. The Morgan fingerprint density at radius 2 is 2.00 bits per heavy atom. The topological polar surface area (TPSA) is 35.3 Å². The standard InChI is InChI=1S/C16H14NO2/c1-2-10-18-16-15(11-17-19-16)14-9-5-7-12-6-3-4-8-13(12)14/h3-9H,2,10H2,1H3. The molecule has 1 heterocycles. The van der Waals surface area contributed by atoms with Gasteiger partial charge in [-0.25, -0.2) is 0 Å². The molecular weight excluding hydrogens is 238 g/mol. The molecule has 0 fully saturated rings. The number of benzene rings is 2. The van der Waals surface area contributed by atoms with Gasteiger partial charge < -0.3 is 9.26 Å². The Hall–Kier alpha value is -2.29. The molecule has 3 aromatic rings. The number of ether oxygens (including phenoxy) is 1. The van der Waals surface area contributed by atoms with Crippen molar-refractivity contribution in [2.24, 2.45) is 0 Å². The van der Waals surface area contributed by atoms with Crippen molar-refractivity contribution in [2.75, 3.05) is 6.61 Å². The van der Waals surface area contributed by atoms with Gasteiger partial charge in [0.1, 0.15) is 6.20 Å². The third kappa shape index (κ3) is 2.19. The fraction of sp³-hybridized carbons (Fsp3) is 0.188. The Bertz CT molecular complexity index is 683. The van der Waals surface area contributed by atoms with E-state index in [1.54, 1.807) is 0 Å². The predicted molar refractivity (Wildman–Crippen MR) is 74.1 cm³/mol. The molecule has 0 aliphatic rings. The molecule has 0 spiro atoms. The maximum absolute atomic E-state index is 5.57. The quantitative estimate of drug-likeness (QED) is 0.701. The Labute approximate surface area is 111 Å². The van der Waals surface area contributed by atoms with E-state index in [1.807, 2.05) is 24.3 Å². The van der Waals surface area contributed by atoms with Crippen LogP contribution in [-0.2, 0) is 0 Å². The number of nitrogens with zero attached hydrogens (tertiary/aromatic N) is 1. The first kappa shape index (κ1) is 11.8. The Morgan fingerprint density at radius 3 is 2.89 bits per heavy atom. The summed E-state index contributed by atoms with van der Waals surface area (Å²) in [5, 5.41) is 6.05. The van der Waals surface area contributed by atoms with Crippen molar-refractivity contribution in [3.63, 3.8) is 0 Å². The van der Waals surface area contributed by atoms with Gasteiger partial charge in [0.15, 0.2) is 0 Å². The molecule has 1 aromatic heterocycles. The molecule has 2 aromatic carbocycles. The van der Waals surface area contributed by atoms with Gasteiger partial charge in [-0.2, -0.15) is 0 Å². The largest absolute Gasteiger partial charge is 0.463 e. The van der Waals surface area contributed by atoms with Gasteiger partial charge in [-0.05, 0) is 22.8 Å². The van der Waals surface area contributed by atoms with Crippen LogP contribution in [0.1, 0.15) is 13.3 Å². The first-order valence-corrected chi connectivity index (χ1v) is 6.38. The van der Waals surface area contributed by atoms with Crippen molar-refractivity contribution in [3.8, 4) is 17.1 Å². The Balaban J connectivity index is 2.12. The van der Waals surface area contributed by atoms with E-state index < -0.39 is 0 Å². The highest BCUT2D eigenvalue weighted by Crippen LogP contribution is 2.34. The zero-order valence-corrected chi connectivity index (χ0v) is 10.7. The highest BCUT2D eigenvalue weighted by molar-refractivity contribution is 5.97. The van der Waals surface area contributed by atoms with Crippen LogP contribution in [0.25, 0.3) is 21.9 Å². The molecule has 0 amide bonds. The average Bonchev–Trinajstić information content (AvgIpc) is 2.92. The SMILES string of the molecule is CCCOc1on[c]c1-c1cccc2ccccc12. The highest BCUT2D eigenvalue weighted by Gasteiger charge is 2.14. The summed E-state index contributed by atoms with van der Waals surface area (Å²) in [5.41, 5.74) is 1.82. The molecule has 19 heavy (non-hydrogen) atoms. The van der Waals surface area contributed by atoms with E-state index in [9.17, 15) is 0 Å². The zero-order valence-electron chi connectivity index (χ0n) is 10.7. The van der Waals surface area contributed by atoms with Crippen LogP contribution >= 0.6 is 0 Å². The van der Waals surface area contributed by atoms with Crippen LogP contribution in [0.5, 0.6) is 5.95 Å². The van der Waals surface area contributed by atoms with Crippen LogP contribution in [-0.4, -0.2) is 11.8 Å². The number of rotatable bonds is 4. The summed E-state index contributed by atoms with van der Waals surface area (Å²) in [6, 6.07) is 14.3. The van der Waals surface area contributed by atoms with Gasteiger partial charge in [-0.15, -0.1) is 0 Å². The second-order valence-corrected chi connectivity index (χ2v) is 4.33. The van der Waals surface area contributed by atoms with Gasteiger partial charge in [0, 0.05) is 0 Å². The molecule has 95 valence electrons. The molecule has 0 N–H and O–H groups in total. The fourth-order valence-electron chi connectivity index (χ4n) is 2.11. The first-order chi connectivity index (χ1) is 9.40. The monoisotopic (exact) mass is 252 g/mol. The lowest BCUT2D eigenvalue weighted by molar-refractivity contribution is 0.215. The molecule has 1 radical (unpaired) electrons. The highest BCUT2D eigenvalue weighted by atomic mass is 16.6. The van der Waals surface area contributed by atoms with Crippen LogP contribution in [0.2, 0.25) is 0 Å². The lowest BCUT2D eigenvalue weighted by atomic mass is 10.0. The van der Waals surface area contributed by atoms with Gasteiger partial charge in [-0.3, -0.25) is 0 Å². The van der Waals surface area contributed by atoms with Gasteiger partial charge >= 0.3 is 5.95 Å². The van der Waals surface area contributed by atoms with Gasteiger partial charge in [0.2, 0.25) is 0 Å². The molecule has 3 nitrogen and oxygen atoms in total. The average molecular weight is 252 g/mol. The summed E-state index contributed by atoms with van der Waals surface area (Å²) < 4.78 is 10.7. The molecule has 0 saturated heterocycles. The molecule has 0 bridgehead atoms. The summed E-state index contributed by atoms with van der Waals surface area (Å²) >= 11 is 0. The van der Waals surface area contributed by atoms with E-state index in [2.05, 4.69) is 36.5 Å². The van der Waals surface area contributed by atoms with Crippen molar-refractivity contribution in [1.29, 1.82) is 0 Å². The number of hydrogen-bond donors (Lipinski definition) is 0. The van der Waals surface area contributed by atoms with E-state index in [-0.39, 0.29) is 0 Å². The number of aromatic nitrogens is 1. The minimum atomic E-state index is 0.443. The maximum Gasteiger partial charge on any atom is 0.319 e. The molecule has 0 aliphatic carbocycles. The minimum Gasteiger partial charge on any atom is -0.463 e. The van der Waals surface area contributed by atoms with Gasteiger partial charge in [0.25, 0.3) is 0 Å². The third-order valence-electron chi connectivity index (χ3n) is 2.99. The molecule has 0 aliphatic heterocycles. The fourth-order valence-corrected chi connectivity index (χ4v) is 2.11. The third-order valence-corrected chi connectivity index (χ3v) is 2.99. The maximum atomic E-state index is 5.57. The van der Waals surface area contributed by atoms with Crippen LogP contribution < -0.4 is 4.74 Å². The van der Waals surface area contributed by atoms with Crippen LogP contribution in [0.15, 0.2) is 47.0 Å². The van der Waals surface area contributed by atoms with Crippen molar-refractivity contribution in [2.45, 2.75) is 13.3 Å². The second-order valence-electron chi connectivity index (χ2n) is 4.33. The molecule has 0 atom stereocenters. The Morgan fingerprint density at radius 1 is 1.16 bits per heavy atom. The van der Waals surface area contributed by atoms with Crippen molar-refractivity contribution < 1.29 is 9.26 Å². The van der Waals surface area contributed by atoms with E-state index in [0.717, 1.165) is 22.9 Å². The van der Waals surface area contributed by atoms with E-state index in [4.69, 9.17) is 9.26 Å². The predicted octanol–water partition coefficient (Wildman–Crippen LogP) is 4.08. The van der Waals surface area contributed by atoms with Crippen molar-refractivity contribution >= 4 is 10.8 Å². The number of hydrogen-bond acceptors (Lipinski definition) is 3. The van der Waals surface area contributed by atoms with E-state index in [0.29, 0.717) is 12.6 Å². The van der Waals surface area contributed by atoms with Gasteiger partial charge in [-0.1, -0.05) is 54.5 Å². The van der Waals surface area contributed by atoms with Crippen LogP contribution in [0.4, 0.5) is 0 Å². The number of fused-ring (bicyclic) bond motifs is 1. The normalized spacial score (nSPS) is 10.8. The molecular formula is C16H14NO2. The van der Waals surface area contributed by atoms with E-state index in [1.165, 1.54) is 5.39 Å². The minimum absolute atomic E-state index is 0.443. The zero-order chi connectivity index (χ0) is 13.1. The summed E-state index contributed by atoms with van der Waals surface area (Å²) in [5.74, 6) is 0.443. The van der Waals surface area contributed by atoms with Crippen LogP contribution in [0.3, 0.4) is 0 Å².